The topological polar surface area (TPSA) is 35.2 Å². The van der Waals surface area contributed by atoms with E-state index in [0.29, 0.717) is 0 Å². The molecular formula is C22H29FN4. The number of imidazole rings is 1. The number of nitrogens with one attached hydrogen (secondary N) is 1. The van der Waals surface area contributed by atoms with E-state index >= 15 is 0 Å². The van der Waals surface area contributed by atoms with E-state index in [4.69, 9.17) is 4.98 Å². The molecule has 1 fully saturated rings. The van der Waals surface area contributed by atoms with Crippen LogP contribution in [0.4, 0.5) is 4.39 Å². The van der Waals surface area contributed by atoms with E-state index in [0.717, 1.165) is 57.5 Å². The summed E-state index contributed by atoms with van der Waals surface area (Å²) in [6.07, 6.45) is 10.7. The first kappa shape index (κ1) is 18.4. The Morgan fingerprint density at radius 2 is 1.96 bits per heavy atom. The van der Waals surface area contributed by atoms with Crippen LogP contribution < -0.4 is 0 Å². The van der Waals surface area contributed by atoms with E-state index in [2.05, 4.69) is 33.9 Å². The predicted molar refractivity (Wildman–Crippen MR) is 107 cm³/mol. The van der Waals surface area contributed by atoms with Crippen LogP contribution in [-0.2, 0) is 12.0 Å². The van der Waals surface area contributed by atoms with Crippen molar-refractivity contribution in [2.24, 2.45) is 0 Å². The number of nitrogens with zero attached hydrogens (tertiary/aromatic N) is 3. The molecule has 0 unspecified atom stereocenters. The van der Waals surface area contributed by atoms with Crippen molar-refractivity contribution in [3.05, 3.63) is 59.4 Å². The summed E-state index contributed by atoms with van der Waals surface area (Å²) < 4.78 is 13.0. The summed E-state index contributed by atoms with van der Waals surface area (Å²) in [5, 5.41) is 0. The number of aromatic amines is 1. The highest BCUT2D eigenvalue weighted by molar-refractivity contribution is 5.49. The van der Waals surface area contributed by atoms with Gasteiger partial charge in [-0.05, 0) is 43.5 Å². The second-order valence-corrected chi connectivity index (χ2v) is 7.75. The number of likely N-dealkylation sites (tertiary alicyclic amines) is 1. The summed E-state index contributed by atoms with van der Waals surface area (Å²) >= 11 is 0. The van der Waals surface area contributed by atoms with Crippen molar-refractivity contribution in [3.63, 3.8) is 0 Å². The number of H-pyrrole nitrogens is 1. The lowest BCUT2D eigenvalue weighted by Gasteiger charge is -2.50. The lowest BCUT2D eigenvalue weighted by atomic mass is 9.78. The number of halogens is 1. The van der Waals surface area contributed by atoms with Gasteiger partial charge < -0.3 is 4.98 Å². The zero-order valence-corrected chi connectivity index (χ0v) is 16.1. The summed E-state index contributed by atoms with van der Waals surface area (Å²) in [4.78, 5) is 13.3. The number of fused-ring (bicyclic) bond motifs is 2. The fourth-order valence-electron chi connectivity index (χ4n) is 4.69. The fourth-order valence-corrected chi connectivity index (χ4v) is 4.69. The molecule has 1 N–H and O–H groups in total. The van der Waals surface area contributed by atoms with Gasteiger partial charge in [-0.15, -0.1) is 0 Å². The molecule has 0 amide bonds. The number of rotatable bonds is 5. The molecule has 144 valence electrons. The number of hydrogen-bond donors (Lipinski definition) is 1. The second-order valence-electron chi connectivity index (χ2n) is 7.75. The van der Waals surface area contributed by atoms with Gasteiger partial charge in [-0.25, -0.2) is 9.37 Å². The minimum atomic E-state index is -0.185. The molecular weight excluding hydrogens is 339 g/mol. The van der Waals surface area contributed by atoms with Crippen molar-refractivity contribution in [2.75, 3.05) is 32.7 Å². The maximum absolute atomic E-state index is 13.0. The van der Waals surface area contributed by atoms with Gasteiger partial charge in [-0.2, -0.15) is 0 Å². The SMILES string of the molecule is CCCN1CCc2[nH]cnc2C12CCN(C/C=C/c1ccc(F)cc1)CC2. The van der Waals surface area contributed by atoms with Crippen molar-refractivity contribution >= 4 is 6.08 Å². The Labute approximate surface area is 161 Å². The average molecular weight is 369 g/mol. The molecule has 0 aliphatic carbocycles. The molecule has 3 heterocycles. The zero-order chi connectivity index (χ0) is 18.7. The van der Waals surface area contributed by atoms with Crippen LogP contribution in [0.1, 0.15) is 43.1 Å². The molecule has 4 rings (SSSR count). The quantitative estimate of drug-likeness (QED) is 0.871. The van der Waals surface area contributed by atoms with Gasteiger partial charge in [0.05, 0.1) is 17.6 Å². The first-order chi connectivity index (χ1) is 13.2. The number of hydrogen-bond acceptors (Lipinski definition) is 3. The lowest BCUT2D eigenvalue weighted by molar-refractivity contribution is 0.00844. The van der Waals surface area contributed by atoms with Crippen molar-refractivity contribution in [3.8, 4) is 0 Å². The summed E-state index contributed by atoms with van der Waals surface area (Å²) in [5.74, 6) is -0.185. The molecule has 1 saturated heterocycles. The molecule has 1 spiro atoms. The first-order valence-corrected chi connectivity index (χ1v) is 10.1. The molecule has 2 aliphatic heterocycles. The normalized spacial score (nSPS) is 20.4. The Morgan fingerprint density at radius 1 is 1.19 bits per heavy atom. The molecule has 0 bridgehead atoms. The summed E-state index contributed by atoms with van der Waals surface area (Å²) in [5.41, 5.74) is 3.80. The van der Waals surface area contributed by atoms with E-state index in [9.17, 15) is 4.39 Å². The highest BCUT2D eigenvalue weighted by Crippen LogP contribution is 2.42. The van der Waals surface area contributed by atoms with E-state index in [1.54, 1.807) is 0 Å². The lowest BCUT2D eigenvalue weighted by Crippen LogP contribution is -2.56. The first-order valence-electron chi connectivity index (χ1n) is 10.1. The van der Waals surface area contributed by atoms with Crippen molar-refractivity contribution in [2.45, 2.75) is 38.1 Å². The van der Waals surface area contributed by atoms with Gasteiger partial charge in [0.15, 0.2) is 0 Å². The fraction of sp³-hybridized carbons (Fsp3) is 0.500. The van der Waals surface area contributed by atoms with Crippen LogP contribution in [-0.4, -0.2) is 52.5 Å². The van der Waals surface area contributed by atoms with Crippen LogP contribution in [0.5, 0.6) is 0 Å². The van der Waals surface area contributed by atoms with Crippen LogP contribution in [0.3, 0.4) is 0 Å². The summed E-state index contributed by atoms with van der Waals surface area (Å²) in [6, 6.07) is 6.66. The van der Waals surface area contributed by atoms with Crippen molar-refractivity contribution < 1.29 is 4.39 Å². The predicted octanol–water partition coefficient (Wildman–Crippen LogP) is 3.82. The standard InChI is InChI=1S/C22H29FN4/c1-2-12-27-14-9-20-21(25-17-24-20)22(27)10-15-26(16-11-22)13-3-4-18-5-7-19(23)8-6-18/h3-8,17H,2,9-16H2,1H3,(H,24,25)/b4-3+. The number of benzene rings is 1. The molecule has 2 aromatic rings. The number of aromatic nitrogens is 2. The van der Waals surface area contributed by atoms with E-state index in [-0.39, 0.29) is 11.4 Å². The number of piperidine rings is 1. The smallest absolute Gasteiger partial charge is 0.123 e. The third kappa shape index (κ3) is 3.71. The Kier molecular flexibility index (Phi) is 5.41. The Hall–Kier alpha value is -1.98. The highest BCUT2D eigenvalue weighted by Gasteiger charge is 2.45. The third-order valence-electron chi connectivity index (χ3n) is 6.12. The monoisotopic (exact) mass is 368 g/mol. The Bertz CT molecular complexity index is 772. The van der Waals surface area contributed by atoms with Gasteiger partial charge >= 0.3 is 0 Å². The van der Waals surface area contributed by atoms with Crippen LogP contribution in [0.2, 0.25) is 0 Å². The molecule has 27 heavy (non-hydrogen) atoms. The third-order valence-corrected chi connectivity index (χ3v) is 6.12. The molecule has 2 aliphatic rings. The molecule has 1 aromatic carbocycles. The minimum absolute atomic E-state index is 0.112. The summed E-state index contributed by atoms with van der Waals surface area (Å²) in [7, 11) is 0. The Balaban J connectivity index is 1.40. The van der Waals surface area contributed by atoms with E-state index in [1.807, 2.05) is 18.5 Å². The highest BCUT2D eigenvalue weighted by atomic mass is 19.1. The molecule has 4 nitrogen and oxygen atoms in total. The van der Waals surface area contributed by atoms with Gasteiger partial charge in [-0.1, -0.05) is 31.2 Å². The molecule has 0 radical (unpaired) electrons. The van der Waals surface area contributed by atoms with Gasteiger partial charge in [0.2, 0.25) is 0 Å². The van der Waals surface area contributed by atoms with Crippen LogP contribution in [0.25, 0.3) is 6.08 Å². The van der Waals surface area contributed by atoms with Crippen molar-refractivity contribution in [1.82, 2.24) is 19.8 Å². The largest absolute Gasteiger partial charge is 0.348 e. The minimum Gasteiger partial charge on any atom is -0.348 e. The van der Waals surface area contributed by atoms with Crippen molar-refractivity contribution in [1.29, 1.82) is 0 Å². The van der Waals surface area contributed by atoms with E-state index < -0.39 is 0 Å². The van der Waals surface area contributed by atoms with Gasteiger partial charge in [0.1, 0.15) is 5.82 Å². The van der Waals surface area contributed by atoms with Gasteiger partial charge in [-0.3, -0.25) is 9.80 Å². The average Bonchev–Trinajstić information content (AvgIpc) is 3.17. The van der Waals surface area contributed by atoms with E-state index in [1.165, 1.54) is 29.9 Å². The second kappa shape index (κ2) is 7.95. The molecule has 0 atom stereocenters. The maximum Gasteiger partial charge on any atom is 0.123 e. The van der Waals surface area contributed by atoms with Crippen LogP contribution >= 0.6 is 0 Å². The van der Waals surface area contributed by atoms with Crippen LogP contribution in [0, 0.1) is 5.82 Å². The Morgan fingerprint density at radius 3 is 2.70 bits per heavy atom. The zero-order valence-electron chi connectivity index (χ0n) is 16.1. The van der Waals surface area contributed by atoms with Gasteiger partial charge in [0.25, 0.3) is 0 Å². The molecule has 1 aromatic heterocycles. The van der Waals surface area contributed by atoms with Crippen LogP contribution in [0.15, 0.2) is 36.7 Å². The molecule has 0 saturated carbocycles. The molecule has 5 heteroatoms. The summed E-state index contributed by atoms with van der Waals surface area (Å²) in [6.45, 7) is 7.66. The van der Waals surface area contributed by atoms with Gasteiger partial charge in [0, 0.05) is 38.3 Å². The maximum atomic E-state index is 13.0.